The summed E-state index contributed by atoms with van der Waals surface area (Å²) in [4.78, 5) is 8.84. The molecule has 2 saturated heterocycles. The van der Waals surface area contributed by atoms with Crippen LogP contribution in [0.25, 0.3) is 0 Å². The van der Waals surface area contributed by atoms with E-state index in [4.69, 9.17) is 4.98 Å². The molecular formula is C14H23N3S. The number of likely N-dealkylation sites (tertiary alicyclic amines) is 1. The first-order valence-electron chi connectivity index (χ1n) is 7.07. The molecule has 2 fully saturated rings. The summed E-state index contributed by atoms with van der Waals surface area (Å²) in [6.07, 6.45) is 2.74. The number of aryl methyl sites for hydroxylation is 2. The number of fused-ring (bicyclic) bond motifs is 1. The van der Waals surface area contributed by atoms with Gasteiger partial charge in [-0.1, -0.05) is 0 Å². The van der Waals surface area contributed by atoms with Crippen LogP contribution in [0.2, 0.25) is 0 Å². The number of hydrogen-bond acceptors (Lipinski definition) is 4. The molecule has 3 nitrogen and oxygen atoms in total. The lowest BCUT2D eigenvalue weighted by Gasteiger charge is -2.40. The molecule has 0 bridgehead atoms. The Morgan fingerprint density at radius 1 is 1.39 bits per heavy atom. The Kier molecular flexibility index (Phi) is 3.43. The monoisotopic (exact) mass is 265 g/mol. The number of nitrogens with zero attached hydrogens (tertiary/aromatic N) is 2. The summed E-state index contributed by atoms with van der Waals surface area (Å²) in [6, 6.07) is 1.21. The fourth-order valence-electron chi connectivity index (χ4n) is 3.67. The third-order valence-corrected chi connectivity index (χ3v) is 5.46. The molecule has 4 heteroatoms. The van der Waals surface area contributed by atoms with Crippen molar-refractivity contribution < 1.29 is 0 Å². The fourth-order valence-corrected chi connectivity index (χ4v) is 4.58. The van der Waals surface area contributed by atoms with Gasteiger partial charge in [0.15, 0.2) is 0 Å². The fraction of sp³-hybridized carbons (Fsp3) is 0.786. The Morgan fingerprint density at radius 2 is 2.22 bits per heavy atom. The van der Waals surface area contributed by atoms with Gasteiger partial charge in [-0.05, 0) is 52.6 Å². The summed E-state index contributed by atoms with van der Waals surface area (Å²) < 4.78 is 0. The van der Waals surface area contributed by atoms with Crippen LogP contribution in [0.4, 0.5) is 0 Å². The summed E-state index contributed by atoms with van der Waals surface area (Å²) in [5.41, 5.74) is 1.31. The molecule has 18 heavy (non-hydrogen) atoms. The van der Waals surface area contributed by atoms with E-state index in [1.54, 1.807) is 0 Å². The molecule has 100 valence electrons. The minimum absolute atomic E-state index is 0.475. The van der Waals surface area contributed by atoms with Crippen molar-refractivity contribution in [3.63, 3.8) is 0 Å². The summed E-state index contributed by atoms with van der Waals surface area (Å²) in [5, 5.41) is 4.76. The van der Waals surface area contributed by atoms with E-state index in [1.807, 2.05) is 11.3 Å². The third-order valence-electron chi connectivity index (χ3n) is 4.55. The van der Waals surface area contributed by atoms with E-state index in [9.17, 15) is 0 Å². The van der Waals surface area contributed by atoms with E-state index in [-0.39, 0.29) is 0 Å². The number of rotatable bonds is 2. The Bertz CT molecular complexity index is 429. The maximum Gasteiger partial charge on any atom is 0.0900 e. The summed E-state index contributed by atoms with van der Waals surface area (Å²) in [7, 11) is 0. The second-order valence-electron chi connectivity index (χ2n) is 5.72. The molecule has 3 unspecified atom stereocenters. The van der Waals surface area contributed by atoms with Gasteiger partial charge in [-0.3, -0.25) is 4.90 Å². The summed E-state index contributed by atoms with van der Waals surface area (Å²) >= 11 is 1.83. The molecule has 1 N–H and O–H groups in total. The highest BCUT2D eigenvalue weighted by Gasteiger charge is 2.38. The summed E-state index contributed by atoms with van der Waals surface area (Å²) in [6.45, 7) is 10.3. The Morgan fingerprint density at radius 3 is 2.94 bits per heavy atom. The predicted molar refractivity (Wildman–Crippen MR) is 76.1 cm³/mol. The highest BCUT2D eigenvalue weighted by atomic mass is 32.1. The molecule has 1 aromatic rings. The lowest BCUT2D eigenvalue weighted by atomic mass is 9.90. The molecule has 1 aromatic heterocycles. The molecule has 0 aliphatic carbocycles. The van der Waals surface area contributed by atoms with Crippen LogP contribution in [0.3, 0.4) is 0 Å². The molecule has 3 rings (SSSR count). The standard InChI is InChI=1S/C14H23N3S/c1-9(14-10(2)18-11(3)16-14)17-6-4-5-12-7-15-8-13(12)17/h9,12-13,15H,4-8H2,1-3H3. The third kappa shape index (κ3) is 2.10. The SMILES string of the molecule is Cc1nc(C(C)N2CCCC3CNCC32)c(C)s1. The van der Waals surface area contributed by atoms with Crippen molar-refractivity contribution in [1.82, 2.24) is 15.2 Å². The van der Waals surface area contributed by atoms with E-state index in [1.165, 1.54) is 41.5 Å². The van der Waals surface area contributed by atoms with Crippen LogP contribution in [-0.2, 0) is 0 Å². The second kappa shape index (κ2) is 4.91. The Balaban J connectivity index is 1.83. The van der Waals surface area contributed by atoms with Crippen molar-refractivity contribution in [3.05, 3.63) is 15.6 Å². The molecule has 3 heterocycles. The highest BCUT2D eigenvalue weighted by Crippen LogP contribution is 2.35. The van der Waals surface area contributed by atoms with Crippen molar-refractivity contribution in [3.8, 4) is 0 Å². The van der Waals surface area contributed by atoms with Crippen LogP contribution in [0.5, 0.6) is 0 Å². The van der Waals surface area contributed by atoms with Gasteiger partial charge in [-0.2, -0.15) is 0 Å². The van der Waals surface area contributed by atoms with Crippen molar-refractivity contribution >= 4 is 11.3 Å². The van der Waals surface area contributed by atoms with Gasteiger partial charge in [0, 0.05) is 17.5 Å². The van der Waals surface area contributed by atoms with Gasteiger partial charge in [-0.15, -0.1) is 11.3 Å². The van der Waals surface area contributed by atoms with E-state index >= 15 is 0 Å². The molecule has 0 aromatic carbocycles. The molecular weight excluding hydrogens is 242 g/mol. The van der Waals surface area contributed by atoms with Crippen LogP contribution in [0.1, 0.15) is 41.4 Å². The van der Waals surface area contributed by atoms with Crippen LogP contribution in [0.15, 0.2) is 0 Å². The van der Waals surface area contributed by atoms with Crippen LogP contribution < -0.4 is 5.32 Å². The minimum atomic E-state index is 0.475. The first-order valence-corrected chi connectivity index (χ1v) is 7.89. The minimum Gasteiger partial charge on any atom is -0.315 e. The van der Waals surface area contributed by atoms with Gasteiger partial charge in [0.05, 0.1) is 16.7 Å². The molecule has 0 amide bonds. The Hall–Kier alpha value is -0.450. The lowest BCUT2D eigenvalue weighted by Crippen LogP contribution is -2.46. The van der Waals surface area contributed by atoms with Gasteiger partial charge in [-0.25, -0.2) is 4.98 Å². The van der Waals surface area contributed by atoms with Gasteiger partial charge >= 0.3 is 0 Å². The topological polar surface area (TPSA) is 28.2 Å². The number of nitrogens with one attached hydrogen (secondary N) is 1. The molecule has 2 aliphatic rings. The molecule has 0 saturated carbocycles. The van der Waals surface area contributed by atoms with Crippen molar-refractivity contribution in [2.45, 2.75) is 45.7 Å². The van der Waals surface area contributed by atoms with Crippen LogP contribution in [-0.4, -0.2) is 35.6 Å². The van der Waals surface area contributed by atoms with Crippen molar-refractivity contribution in [1.29, 1.82) is 0 Å². The number of thiazole rings is 1. The zero-order valence-corrected chi connectivity index (χ0v) is 12.4. The Labute approximate surface area is 114 Å². The van der Waals surface area contributed by atoms with Gasteiger partial charge in [0.1, 0.15) is 0 Å². The largest absolute Gasteiger partial charge is 0.315 e. The van der Waals surface area contributed by atoms with Gasteiger partial charge in [0.2, 0.25) is 0 Å². The number of hydrogen-bond donors (Lipinski definition) is 1. The molecule has 3 atom stereocenters. The zero-order valence-electron chi connectivity index (χ0n) is 11.6. The lowest BCUT2D eigenvalue weighted by molar-refractivity contribution is 0.0828. The molecule has 0 spiro atoms. The maximum absolute atomic E-state index is 4.76. The van der Waals surface area contributed by atoms with E-state index in [2.05, 4.69) is 31.0 Å². The zero-order chi connectivity index (χ0) is 12.7. The van der Waals surface area contributed by atoms with Gasteiger partial charge in [0.25, 0.3) is 0 Å². The van der Waals surface area contributed by atoms with Crippen LogP contribution in [0, 0.1) is 19.8 Å². The normalized spacial score (nSPS) is 30.4. The van der Waals surface area contributed by atoms with E-state index in [0.29, 0.717) is 6.04 Å². The second-order valence-corrected chi connectivity index (χ2v) is 7.12. The number of piperidine rings is 1. The molecule has 2 aliphatic heterocycles. The maximum atomic E-state index is 4.76. The van der Waals surface area contributed by atoms with Crippen LogP contribution >= 0.6 is 11.3 Å². The highest BCUT2D eigenvalue weighted by molar-refractivity contribution is 7.11. The quantitative estimate of drug-likeness (QED) is 0.890. The van der Waals surface area contributed by atoms with E-state index in [0.717, 1.165) is 18.5 Å². The predicted octanol–water partition coefficient (Wildman–Crippen LogP) is 2.50. The average molecular weight is 265 g/mol. The average Bonchev–Trinajstić information content (AvgIpc) is 2.94. The smallest absolute Gasteiger partial charge is 0.0900 e. The number of aromatic nitrogens is 1. The van der Waals surface area contributed by atoms with E-state index < -0.39 is 0 Å². The van der Waals surface area contributed by atoms with Crippen molar-refractivity contribution in [2.75, 3.05) is 19.6 Å². The molecule has 0 radical (unpaired) electrons. The van der Waals surface area contributed by atoms with Gasteiger partial charge < -0.3 is 5.32 Å². The first kappa shape index (κ1) is 12.6. The summed E-state index contributed by atoms with van der Waals surface area (Å²) in [5.74, 6) is 0.862. The first-order chi connectivity index (χ1) is 8.66. The van der Waals surface area contributed by atoms with Crippen molar-refractivity contribution in [2.24, 2.45) is 5.92 Å².